The van der Waals surface area contributed by atoms with Gasteiger partial charge in [-0.15, -0.1) is 0 Å². The first-order valence-electron chi connectivity index (χ1n) is 20.5. The molecule has 0 bridgehead atoms. The van der Waals surface area contributed by atoms with Crippen molar-refractivity contribution < 1.29 is 4.42 Å². The number of anilines is 3. The molecule has 1 aromatic heterocycles. The molecule has 282 valence electrons. The second kappa shape index (κ2) is 15.1. The molecular formula is C58H39NO. The Morgan fingerprint density at radius 1 is 0.300 bits per heavy atom. The Labute approximate surface area is 349 Å². The van der Waals surface area contributed by atoms with Gasteiger partial charge in [0.25, 0.3) is 0 Å². The topological polar surface area (TPSA) is 16.4 Å². The molecule has 0 aliphatic rings. The molecule has 0 saturated heterocycles. The van der Waals surface area contributed by atoms with Gasteiger partial charge in [0.1, 0.15) is 11.3 Å². The van der Waals surface area contributed by atoms with Gasteiger partial charge in [-0.1, -0.05) is 188 Å². The third kappa shape index (κ3) is 6.32. The van der Waals surface area contributed by atoms with Crippen molar-refractivity contribution in [2.75, 3.05) is 4.90 Å². The monoisotopic (exact) mass is 765 g/mol. The fraction of sp³-hybridized carbons (Fsp3) is 0. The zero-order valence-corrected chi connectivity index (χ0v) is 32.9. The summed E-state index contributed by atoms with van der Waals surface area (Å²) >= 11 is 0. The Hall–Kier alpha value is -7.94. The summed E-state index contributed by atoms with van der Waals surface area (Å²) in [5.74, 6) is 0.845. The minimum atomic E-state index is 0.845. The summed E-state index contributed by atoms with van der Waals surface area (Å²) in [5.41, 5.74) is 14.4. The van der Waals surface area contributed by atoms with E-state index < -0.39 is 0 Å². The lowest BCUT2D eigenvalue weighted by atomic mass is 9.93. The average molecular weight is 766 g/mol. The largest absolute Gasteiger partial charge is 0.455 e. The summed E-state index contributed by atoms with van der Waals surface area (Å²) in [6.07, 6.45) is 0. The lowest BCUT2D eigenvalue weighted by Crippen LogP contribution is -2.11. The van der Waals surface area contributed by atoms with Gasteiger partial charge in [-0.2, -0.15) is 0 Å². The molecule has 60 heavy (non-hydrogen) atoms. The number of para-hydroxylation sites is 2. The predicted octanol–water partition coefficient (Wildman–Crippen LogP) is 16.5. The van der Waals surface area contributed by atoms with Crippen LogP contribution in [0.25, 0.3) is 88.3 Å². The number of nitrogens with zero attached hydrogens (tertiary/aromatic N) is 1. The van der Waals surface area contributed by atoms with Gasteiger partial charge in [-0.05, 0) is 109 Å². The Kier molecular flexibility index (Phi) is 8.87. The van der Waals surface area contributed by atoms with Crippen molar-refractivity contribution >= 4 is 49.6 Å². The van der Waals surface area contributed by atoms with Crippen LogP contribution >= 0.6 is 0 Å². The Bertz CT molecular complexity index is 3270. The summed E-state index contributed by atoms with van der Waals surface area (Å²) < 4.78 is 6.85. The van der Waals surface area contributed by atoms with E-state index >= 15 is 0 Å². The normalized spacial score (nSPS) is 11.3. The fourth-order valence-electron chi connectivity index (χ4n) is 8.79. The van der Waals surface area contributed by atoms with E-state index in [-0.39, 0.29) is 0 Å². The van der Waals surface area contributed by atoms with Gasteiger partial charge in [-0.3, -0.25) is 0 Å². The van der Waals surface area contributed by atoms with E-state index in [9.17, 15) is 0 Å². The Morgan fingerprint density at radius 2 is 0.767 bits per heavy atom. The van der Waals surface area contributed by atoms with E-state index in [1.54, 1.807) is 0 Å². The molecule has 0 spiro atoms. The Balaban J connectivity index is 1.05. The minimum absolute atomic E-state index is 0.845. The highest BCUT2D eigenvalue weighted by molar-refractivity contribution is 6.14. The minimum Gasteiger partial charge on any atom is -0.455 e. The van der Waals surface area contributed by atoms with Crippen LogP contribution in [-0.4, -0.2) is 0 Å². The van der Waals surface area contributed by atoms with Crippen LogP contribution in [0.5, 0.6) is 0 Å². The van der Waals surface area contributed by atoms with Crippen molar-refractivity contribution in [2.24, 2.45) is 0 Å². The van der Waals surface area contributed by atoms with Gasteiger partial charge in [-0.25, -0.2) is 0 Å². The highest BCUT2D eigenvalue weighted by atomic mass is 16.3. The first-order chi connectivity index (χ1) is 29.8. The lowest BCUT2D eigenvalue weighted by Gasteiger charge is -2.28. The number of rotatable bonds is 8. The molecule has 0 amide bonds. The molecule has 0 fully saturated rings. The number of benzene rings is 10. The van der Waals surface area contributed by atoms with Gasteiger partial charge < -0.3 is 9.32 Å². The summed E-state index contributed by atoms with van der Waals surface area (Å²) in [6, 6.07) is 84.6. The quantitative estimate of drug-likeness (QED) is 0.143. The average Bonchev–Trinajstić information content (AvgIpc) is 3.72. The molecular weight excluding hydrogens is 727 g/mol. The second-order valence-corrected chi connectivity index (χ2v) is 15.2. The molecule has 0 radical (unpaired) electrons. The third-order valence-corrected chi connectivity index (χ3v) is 11.7. The van der Waals surface area contributed by atoms with Gasteiger partial charge in [0.05, 0.1) is 5.69 Å². The molecule has 2 nitrogen and oxygen atoms in total. The van der Waals surface area contributed by atoms with Crippen molar-refractivity contribution in [1.29, 1.82) is 0 Å². The van der Waals surface area contributed by atoms with E-state index in [1.807, 2.05) is 6.07 Å². The van der Waals surface area contributed by atoms with Gasteiger partial charge in [0.15, 0.2) is 0 Å². The maximum absolute atomic E-state index is 6.85. The van der Waals surface area contributed by atoms with Crippen LogP contribution in [0.3, 0.4) is 0 Å². The Morgan fingerprint density at radius 3 is 1.43 bits per heavy atom. The molecule has 11 aromatic rings. The van der Waals surface area contributed by atoms with E-state index in [1.165, 1.54) is 49.4 Å². The van der Waals surface area contributed by atoms with Crippen molar-refractivity contribution in [2.45, 2.75) is 0 Å². The number of hydrogen-bond acceptors (Lipinski definition) is 2. The molecule has 0 aliphatic heterocycles. The second-order valence-electron chi connectivity index (χ2n) is 15.2. The van der Waals surface area contributed by atoms with Crippen LogP contribution in [0, 0.1) is 0 Å². The summed E-state index contributed by atoms with van der Waals surface area (Å²) in [7, 11) is 0. The SMILES string of the molecule is c1ccc(-c2ccc(-c3ccc(N(c4ccc(-c5cc6ccccc6c6ccccc56)cc4)c4ccccc4-c4oc5ccccc5c4-c4ccccc4)cc3)cc2)cc1. The van der Waals surface area contributed by atoms with Gasteiger partial charge in [0, 0.05) is 27.9 Å². The fourth-order valence-corrected chi connectivity index (χ4v) is 8.79. The maximum Gasteiger partial charge on any atom is 0.145 e. The van der Waals surface area contributed by atoms with E-state index in [0.29, 0.717) is 0 Å². The molecule has 2 heteroatoms. The molecule has 11 rings (SSSR count). The summed E-state index contributed by atoms with van der Waals surface area (Å²) in [6.45, 7) is 0. The number of furan rings is 1. The van der Waals surface area contributed by atoms with Gasteiger partial charge in [0.2, 0.25) is 0 Å². The van der Waals surface area contributed by atoms with Crippen molar-refractivity contribution in [3.63, 3.8) is 0 Å². The molecule has 0 N–H and O–H groups in total. The summed E-state index contributed by atoms with van der Waals surface area (Å²) in [5, 5.41) is 6.11. The highest BCUT2D eigenvalue weighted by Crippen LogP contribution is 2.47. The predicted molar refractivity (Wildman–Crippen MR) is 253 cm³/mol. The van der Waals surface area contributed by atoms with Crippen LogP contribution in [0.2, 0.25) is 0 Å². The van der Waals surface area contributed by atoms with E-state index in [2.05, 4.69) is 235 Å². The van der Waals surface area contributed by atoms with Crippen LogP contribution in [-0.2, 0) is 0 Å². The third-order valence-electron chi connectivity index (χ3n) is 11.7. The van der Waals surface area contributed by atoms with Gasteiger partial charge >= 0.3 is 0 Å². The molecule has 0 unspecified atom stereocenters. The first-order valence-corrected chi connectivity index (χ1v) is 20.5. The molecule has 0 saturated carbocycles. The summed E-state index contributed by atoms with van der Waals surface area (Å²) in [4.78, 5) is 2.36. The number of hydrogen-bond donors (Lipinski definition) is 0. The van der Waals surface area contributed by atoms with Crippen molar-refractivity contribution in [3.8, 4) is 55.8 Å². The smallest absolute Gasteiger partial charge is 0.145 e. The zero-order valence-electron chi connectivity index (χ0n) is 32.9. The molecule has 1 heterocycles. The first kappa shape index (κ1) is 35.2. The van der Waals surface area contributed by atoms with Crippen LogP contribution in [0.4, 0.5) is 17.1 Å². The lowest BCUT2D eigenvalue weighted by molar-refractivity contribution is 0.632. The molecule has 0 atom stereocenters. The van der Waals surface area contributed by atoms with Crippen LogP contribution in [0.1, 0.15) is 0 Å². The van der Waals surface area contributed by atoms with Crippen molar-refractivity contribution in [1.82, 2.24) is 0 Å². The van der Waals surface area contributed by atoms with Crippen molar-refractivity contribution in [3.05, 3.63) is 237 Å². The zero-order chi connectivity index (χ0) is 39.8. The number of fused-ring (bicyclic) bond motifs is 4. The van der Waals surface area contributed by atoms with E-state index in [4.69, 9.17) is 4.42 Å². The van der Waals surface area contributed by atoms with Crippen LogP contribution in [0.15, 0.2) is 241 Å². The molecule has 10 aromatic carbocycles. The molecule has 0 aliphatic carbocycles. The highest BCUT2D eigenvalue weighted by Gasteiger charge is 2.24. The van der Waals surface area contributed by atoms with Crippen LogP contribution < -0.4 is 4.90 Å². The standard InChI is InChI=1S/C58H39NO/c1-3-15-40(16-4-1)41-27-29-42(30-28-41)43-31-35-47(36-32-43)59(48-37-33-44(34-38-48)54-39-46-19-7-8-20-49(46)50-21-9-10-22-51(50)54)55-25-13-11-23-52(55)58-57(45-17-5-2-6-18-45)53-24-12-14-26-56(53)60-58/h1-39H. The maximum atomic E-state index is 6.85. The van der Waals surface area contributed by atoms with E-state index in [0.717, 1.165) is 56.0 Å².